The monoisotopic (exact) mass is 410 g/mol. The summed E-state index contributed by atoms with van der Waals surface area (Å²) in [5.41, 5.74) is 3.06. The lowest BCUT2D eigenvalue weighted by Crippen LogP contribution is -3.10. The normalized spacial score (nSPS) is 24.5. The first-order valence-electron chi connectivity index (χ1n) is 9.29. The van der Waals surface area contributed by atoms with Gasteiger partial charge in [0.1, 0.15) is 29.6 Å². The highest BCUT2D eigenvalue weighted by Crippen LogP contribution is 2.29. The number of allylic oxidation sites excluding steroid dienone is 1. The Hall–Kier alpha value is -2.84. The number of fused-ring (bicyclic) bond motifs is 3. The molecule has 1 aliphatic carbocycles. The number of hydroxylamine groups is 1. The van der Waals surface area contributed by atoms with Crippen LogP contribution in [0.4, 0.5) is 15.8 Å². The first-order valence-corrected chi connectivity index (χ1v) is 9.66. The number of pyridine rings is 1. The van der Waals surface area contributed by atoms with Gasteiger partial charge in [-0.2, -0.15) is 5.01 Å². The van der Waals surface area contributed by atoms with Crippen LogP contribution in [-0.2, 0) is 0 Å². The molecule has 0 saturated heterocycles. The number of benzene rings is 1. The fraction of sp³-hybridized carbons (Fsp3) is 0.143. The highest BCUT2D eigenvalue weighted by Gasteiger charge is 2.27. The van der Waals surface area contributed by atoms with Gasteiger partial charge in [-0.3, -0.25) is 9.88 Å². The highest BCUT2D eigenvalue weighted by molar-refractivity contribution is 6.31. The van der Waals surface area contributed by atoms with Crippen molar-refractivity contribution >= 4 is 47.5 Å². The molecule has 2 aromatic rings. The zero-order valence-electron chi connectivity index (χ0n) is 15.6. The van der Waals surface area contributed by atoms with E-state index in [-0.39, 0.29) is 16.1 Å². The number of nitrogens with one attached hydrogen (secondary N) is 2. The Morgan fingerprint density at radius 2 is 2.21 bits per heavy atom. The van der Waals surface area contributed by atoms with Gasteiger partial charge in [0.2, 0.25) is 0 Å². The summed E-state index contributed by atoms with van der Waals surface area (Å²) in [6.45, 7) is 0. The molecular formula is C21H18ClFN5O+. The molecule has 0 radical (unpaired) electrons. The second kappa shape index (κ2) is 6.89. The summed E-state index contributed by atoms with van der Waals surface area (Å²) in [6, 6.07) is 4.30. The Labute approximate surface area is 171 Å². The summed E-state index contributed by atoms with van der Waals surface area (Å²) in [6.07, 6.45) is 13.9. The molecule has 0 saturated carbocycles. The van der Waals surface area contributed by atoms with Crippen LogP contribution in [0.5, 0.6) is 0 Å². The number of rotatable bonds is 2. The number of hydrogen-bond donors (Lipinski definition) is 2. The van der Waals surface area contributed by atoms with E-state index in [9.17, 15) is 9.60 Å². The third kappa shape index (κ3) is 3.08. The molecule has 5 rings (SSSR count). The van der Waals surface area contributed by atoms with Crippen LogP contribution in [0.25, 0.3) is 18.2 Å². The molecule has 8 heteroatoms. The smallest absolute Gasteiger partial charge is 0.193 e. The van der Waals surface area contributed by atoms with Gasteiger partial charge in [-0.15, -0.1) is 0 Å². The van der Waals surface area contributed by atoms with E-state index in [0.717, 1.165) is 38.8 Å². The lowest BCUT2D eigenvalue weighted by Gasteiger charge is -2.36. The Morgan fingerprint density at radius 3 is 2.97 bits per heavy atom. The second-order valence-electron chi connectivity index (χ2n) is 7.25. The van der Waals surface area contributed by atoms with Gasteiger partial charge < -0.3 is 5.21 Å². The highest BCUT2D eigenvalue weighted by atomic mass is 35.5. The standard InChI is InChI=1S/C21H17ClFN5O/c1-26-11-20(25-12-26)13-2-5-19-16(8-13)21-14(10-24-19)6-7-27(29)28(21)15-3-4-18(23)17(22)9-15/h3-13,27H,2H2,1H3/p+1. The Balaban J connectivity index is 1.71. The van der Waals surface area contributed by atoms with Crippen molar-refractivity contribution in [1.82, 2.24) is 4.98 Å². The summed E-state index contributed by atoms with van der Waals surface area (Å²) in [4.78, 5) is 10.2. The number of quaternary nitrogens is 2. The Bertz CT molecular complexity index is 1220. The minimum Gasteiger partial charge on any atom is -0.603 e. The van der Waals surface area contributed by atoms with Crippen molar-refractivity contribution in [3.8, 4) is 0 Å². The molecule has 0 bridgehead atoms. The van der Waals surface area contributed by atoms with Gasteiger partial charge in [0.15, 0.2) is 6.34 Å². The van der Waals surface area contributed by atoms with Gasteiger partial charge in [-0.1, -0.05) is 23.8 Å². The number of aliphatic imine (C=N–C) groups is 1. The summed E-state index contributed by atoms with van der Waals surface area (Å²) in [7, 11) is 2.02. The average molecular weight is 411 g/mol. The molecule has 146 valence electrons. The molecule has 0 spiro atoms. The number of aromatic nitrogens is 1. The van der Waals surface area contributed by atoms with Crippen LogP contribution in [0.2, 0.25) is 5.02 Å². The minimum absolute atomic E-state index is 0.0285. The average Bonchev–Trinajstić information content (AvgIpc) is 3.16. The van der Waals surface area contributed by atoms with Crippen LogP contribution < -0.4 is 25.6 Å². The van der Waals surface area contributed by atoms with Gasteiger partial charge in [0.05, 0.1) is 23.1 Å². The van der Waals surface area contributed by atoms with Gasteiger partial charge >= 0.3 is 0 Å². The summed E-state index contributed by atoms with van der Waals surface area (Å²) in [5, 5.41) is 15.9. The summed E-state index contributed by atoms with van der Waals surface area (Å²) in [5.74, 6) is -0.422. The van der Waals surface area contributed by atoms with E-state index in [2.05, 4.69) is 28.3 Å². The molecule has 1 aromatic carbocycles. The van der Waals surface area contributed by atoms with E-state index < -0.39 is 5.82 Å². The quantitative estimate of drug-likeness (QED) is 0.699. The molecule has 3 heterocycles. The van der Waals surface area contributed by atoms with E-state index in [1.165, 1.54) is 18.3 Å². The van der Waals surface area contributed by atoms with Gasteiger partial charge in [-0.25, -0.2) is 14.6 Å². The molecule has 0 fully saturated rings. The number of nitrogens with zero attached hydrogens (tertiary/aromatic N) is 3. The van der Waals surface area contributed by atoms with Crippen molar-refractivity contribution in [2.75, 3.05) is 12.1 Å². The van der Waals surface area contributed by atoms with Crippen molar-refractivity contribution < 1.29 is 14.5 Å². The minimum atomic E-state index is -0.523. The number of hydrogen-bond acceptors (Lipinski definition) is 4. The predicted octanol–water partition coefficient (Wildman–Crippen LogP) is 0.273. The van der Waals surface area contributed by atoms with Crippen molar-refractivity contribution in [2.24, 2.45) is 10.9 Å². The van der Waals surface area contributed by atoms with Crippen molar-refractivity contribution in [3.63, 3.8) is 0 Å². The van der Waals surface area contributed by atoms with Crippen LogP contribution in [-0.4, -0.2) is 18.4 Å². The molecule has 3 unspecified atom stereocenters. The van der Waals surface area contributed by atoms with Crippen LogP contribution in [0, 0.1) is 16.9 Å². The van der Waals surface area contributed by atoms with E-state index in [1.54, 1.807) is 23.3 Å². The third-order valence-corrected chi connectivity index (χ3v) is 5.55. The van der Waals surface area contributed by atoms with Crippen LogP contribution >= 0.6 is 11.6 Å². The van der Waals surface area contributed by atoms with E-state index in [0.29, 0.717) is 5.69 Å². The second-order valence-corrected chi connectivity index (χ2v) is 7.66. The molecular weight excluding hydrogens is 393 g/mol. The maximum Gasteiger partial charge on any atom is 0.193 e. The van der Waals surface area contributed by atoms with Crippen molar-refractivity contribution in [1.29, 1.82) is 0 Å². The molecule has 1 aromatic heterocycles. The lowest BCUT2D eigenvalue weighted by atomic mass is 9.94. The number of anilines is 2. The molecule has 6 nitrogen and oxygen atoms in total. The topological polar surface area (TPSA) is 60.4 Å². The molecule has 0 amide bonds. The maximum atomic E-state index is 13.7. The van der Waals surface area contributed by atoms with E-state index in [1.807, 2.05) is 13.4 Å². The lowest BCUT2D eigenvalue weighted by molar-refractivity contribution is -0.794. The predicted molar refractivity (Wildman–Crippen MR) is 111 cm³/mol. The fourth-order valence-corrected chi connectivity index (χ4v) is 4.05. The molecule has 29 heavy (non-hydrogen) atoms. The van der Waals surface area contributed by atoms with Crippen LogP contribution in [0.15, 0.2) is 47.5 Å². The van der Waals surface area contributed by atoms with E-state index >= 15 is 0 Å². The van der Waals surface area contributed by atoms with Crippen molar-refractivity contribution in [2.45, 2.75) is 6.42 Å². The number of halogens is 2. The van der Waals surface area contributed by atoms with Crippen LogP contribution in [0.3, 0.4) is 0 Å². The third-order valence-electron chi connectivity index (χ3n) is 5.26. The SMILES string of the molecule is C[NH+]1C=NC(C2C=c3c4c(cnc3=CC2)C=C[NH+]([O-])N4c2ccc(F)c(Cl)c2)=C1. The van der Waals surface area contributed by atoms with Gasteiger partial charge in [-0.05, 0) is 24.6 Å². The van der Waals surface area contributed by atoms with Crippen molar-refractivity contribution in [3.05, 3.63) is 74.7 Å². The Kier molecular flexibility index (Phi) is 4.33. The largest absolute Gasteiger partial charge is 0.603 e. The zero-order valence-corrected chi connectivity index (χ0v) is 16.3. The zero-order chi connectivity index (χ0) is 20.1. The van der Waals surface area contributed by atoms with E-state index in [4.69, 9.17) is 11.6 Å². The Morgan fingerprint density at radius 1 is 1.34 bits per heavy atom. The summed E-state index contributed by atoms with van der Waals surface area (Å²) >= 11 is 5.99. The maximum absolute atomic E-state index is 13.7. The molecule has 2 N–H and O–H groups in total. The molecule has 3 atom stereocenters. The molecule has 2 aliphatic heterocycles. The molecule has 3 aliphatic rings. The first-order chi connectivity index (χ1) is 14.0. The summed E-state index contributed by atoms with van der Waals surface area (Å²) < 4.78 is 13.7. The fourth-order valence-electron chi connectivity index (χ4n) is 3.87. The van der Waals surface area contributed by atoms with Gasteiger partial charge in [0.25, 0.3) is 0 Å². The van der Waals surface area contributed by atoms with Crippen LogP contribution in [0.1, 0.15) is 12.0 Å². The van der Waals surface area contributed by atoms with Gasteiger partial charge in [0, 0.05) is 29.0 Å². The first kappa shape index (κ1) is 18.2.